The van der Waals surface area contributed by atoms with Crippen LogP contribution in [-0.4, -0.2) is 7.11 Å². The van der Waals surface area contributed by atoms with Crippen molar-refractivity contribution in [2.75, 3.05) is 7.11 Å². The van der Waals surface area contributed by atoms with Crippen molar-refractivity contribution in [1.82, 2.24) is 0 Å². The van der Waals surface area contributed by atoms with E-state index in [1.807, 2.05) is 18.2 Å². The first-order chi connectivity index (χ1) is 4.34. The molecule has 0 heterocycles. The fraction of sp³-hybridized carbons (Fsp3) is 0.143. The Kier molecular flexibility index (Phi) is 9.41. The summed E-state index contributed by atoms with van der Waals surface area (Å²) in [4.78, 5) is 0.938. The van der Waals surface area contributed by atoms with E-state index in [2.05, 4.69) is 21.7 Å². The monoisotopic (exact) mass is 328 g/mol. The molecule has 0 aromatic carbocycles. The van der Waals surface area contributed by atoms with Crippen LogP contribution in [0.25, 0.3) is 0 Å². The van der Waals surface area contributed by atoms with Crippen LogP contribution in [0.1, 0.15) is 0 Å². The van der Waals surface area contributed by atoms with Crippen LogP contribution in [0.4, 0.5) is 0 Å². The molecule has 1 radical (unpaired) electrons. The maximum absolute atomic E-state index is 4.98. The number of methoxy groups -OCH3 is 1. The number of halogens is 2. The van der Waals surface area contributed by atoms with Crippen LogP contribution in [0.2, 0.25) is 0 Å². The van der Waals surface area contributed by atoms with Crippen LogP contribution < -0.4 is 17.0 Å². The quantitative estimate of drug-likeness (QED) is 0.450. The molecule has 0 N–H and O–H groups in total. The van der Waals surface area contributed by atoms with Gasteiger partial charge < -0.3 is 21.7 Å². The van der Waals surface area contributed by atoms with Crippen LogP contribution in [-0.2, 0) is 24.2 Å². The molecule has 0 fully saturated rings. The number of rotatable bonds is 1. The second kappa shape index (κ2) is 7.30. The van der Waals surface area contributed by atoms with Gasteiger partial charge in [0, 0.05) is 19.5 Å². The molecule has 1 aliphatic carbocycles. The van der Waals surface area contributed by atoms with Crippen molar-refractivity contribution in [3.8, 4) is 0 Å². The number of ether oxygens (including phenoxy) is 1. The molecule has 11 heavy (non-hydrogen) atoms. The first kappa shape index (κ1) is 14.2. The third kappa shape index (κ3) is 4.27. The van der Waals surface area contributed by atoms with Crippen molar-refractivity contribution in [2.45, 2.75) is 0 Å². The second-order valence-corrected chi connectivity index (χ2v) is 2.41. The van der Waals surface area contributed by atoms with Gasteiger partial charge in [0.1, 0.15) is 10.6 Å². The Bertz CT molecular complexity index is 195. The van der Waals surface area contributed by atoms with Crippen molar-refractivity contribution < 1.29 is 41.2 Å². The van der Waals surface area contributed by atoms with E-state index < -0.39 is 0 Å². The molecule has 0 unspecified atom stereocenters. The summed E-state index contributed by atoms with van der Waals surface area (Å²) in [5.41, 5.74) is 2.91. The summed E-state index contributed by atoms with van der Waals surface area (Å²) in [5.74, 6) is 0.841. The number of hydrogen-bond donors (Lipinski definition) is 0. The minimum atomic E-state index is 0. The maximum Gasteiger partial charge on any atom is 0.134 e. The van der Waals surface area contributed by atoms with Gasteiger partial charge in [-0.1, -0.05) is 15.9 Å². The Morgan fingerprint density at radius 2 is 2.18 bits per heavy atom. The molecule has 57 valence electrons. The van der Waals surface area contributed by atoms with E-state index in [0.29, 0.717) is 0 Å². The second-order valence-electron chi connectivity index (χ2n) is 1.56. The van der Waals surface area contributed by atoms with Crippen LogP contribution in [0.3, 0.4) is 0 Å². The molecule has 0 amide bonds. The Balaban J connectivity index is 0. The minimum absolute atomic E-state index is 0. The predicted octanol–water partition coefficient (Wildman–Crippen LogP) is -0.830. The van der Waals surface area contributed by atoms with E-state index >= 15 is 0 Å². The van der Waals surface area contributed by atoms with Crippen LogP contribution in [0.15, 0.2) is 29.7 Å². The molecule has 0 aliphatic heterocycles. The standard InChI is InChI=1S/C7H6BrO.BrH.Zn/c1-9-7-5-3-2-4-6(7)8;;/h3-5H,1H3;1H;/p-1. The van der Waals surface area contributed by atoms with Gasteiger partial charge in [-0.3, -0.25) is 0 Å². The molecule has 0 spiro atoms. The average Bonchev–Trinajstić information content (AvgIpc) is 1.89. The molecule has 0 aromatic heterocycles. The van der Waals surface area contributed by atoms with Gasteiger partial charge in [-0.2, -0.15) is 0 Å². The van der Waals surface area contributed by atoms with E-state index in [4.69, 9.17) is 4.74 Å². The van der Waals surface area contributed by atoms with Gasteiger partial charge in [-0.15, -0.1) is 5.73 Å². The zero-order valence-electron chi connectivity index (χ0n) is 6.10. The predicted molar refractivity (Wildman–Crippen MR) is 39.9 cm³/mol. The van der Waals surface area contributed by atoms with Crippen LogP contribution >= 0.6 is 15.9 Å². The molecule has 0 atom stereocenters. The van der Waals surface area contributed by atoms with Crippen LogP contribution in [0, 0.1) is 4.83 Å². The first-order valence-electron chi connectivity index (χ1n) is 2.54. The number of hydrogen-bond acceptors (Lipinski definition) is 1. The third-order valence-electron chi connectivity index (χ3n) is 0.996. The van der Waals surface area contributed by atoms with Crippen molar-refractivity contribution in [2.24, 2.45) is 0 Å². The van der Waals surface area contributed by atoms with Gasteiger partial charge in [0.25, 0.3) is 0 Å². The van der Waals surface area contributed by atoms with E-state index in [-0.39, 0.29) is 36.5 Å². The Morgan fingerprint density at radius 1 is 1.55 bits per heavy atom. The third-order valence-corrected chi connectivity index (χ3v) is 1.62. The van der Waals surface area contributed by atoms with Crippen molar-refractivity contribution in [3.05, 3.63) is 34.5 Å². The fourth-order valence-electron chi connectivity index (χ4n) is 0.561. The molecular formula is C7H6Br2OZn-. The molecule has 1 rings (SSSR count). The smallest absolute Gasteiger partial charge is 0.134 e. The van der Waals surface area contributed by atoms with E-state index in [9.17, 15) is 0 Å². The summed E-state index contributed by atoms with van der Waals surface area (Å²) >= 11 is 3.30. The molecule has 1 nitrogen and oxygen atoms in total. The summed E-state index contributed by atoms with van der Waals surface area (Å²) in [5, 5.41) is 0. The Morgan fingerprint density at radius 3 is 2.55 bits per heavy atom. The van der Waals surface area contributed by atoms with Gasteiger partial charge >= 0.3 is 0 Å². The van der Waals surface area contributed by atoms with Crippen molar-refractivity contribution >= 4 is 15.9 Å². The first-order valence-corrected chi connectivity index (χ1v) is 3.33. The average molecular weight is 331 g/mol. The molecule has 0 saturated heterocycles. The molecule has 1 aliphatic rings. The minimum Gasteiger partial charge on any atom is -1.00 e. The van der Waals surface area contributed by atoms with Gasteiger partial charge in [-0.25, -0.2) is 0 Å². The van der Waals surface area contributed by atoms with Crippen LogP contribution in [0.5, 0.6) is 0 Å². The summed E-state index contributed by atoms with van der Waals surface area (Å²) < 4.78 is 4.98. The Labute approximate surface area is 98.2 Å². The molecule has 0 saturated carbocycles. The van der Waals surface area contributed by atoms with Gasteiger partial charge in [-0.05, 0) is 18.2 Å². The van der Waals surface area contributed by atoms with Gasteiger partial charge in [0.15, 0.2) is 0 Å². The van der Waals surface area contributed by atoms with Gasteiger partial charge in [0.05, 0.1) is 7.11 Å². The summed E-state index contributed by atoms with van der Waals surface area (Å²) in [7, 11) is 1.64. The normalized spacial score (nSPS) is 14.5. The van der Waals surface area contributed by atoms with Gasteiger partial charge in [0.2, 0.25) is 0 Å². The fourth-order valence-corrected chi connectivity index (χ4v) is 0.988. The number of allylic oxidation sites excluding steroid dienone is 2. The largest absolute Gasteiger partial charge is 1.00 e. The topological polar surface area (TPSA) is 9.23 Å². The van der Waals surface area contributed by atoms with E-state index in [0.717, 1.165) is 10.6 Å². The SMILES string of the molecule is COC1=CC=C=C[C]1Br.[Br-].[Zn]. The van der Waals surface area contributed by atoms with E-state index in [1.54, 1.807) is 7.11 Å². The molecule has 0 aromatic rings. The summed E-state index contributed by atoms with van der Waals surface area (Å²) in [6, 6.07) is 0. The zero-order chi connectivity index (χ0) is 6.69. The zero-order valence-corrected chi connectivity index (χ0v) is 12.2. The molecule has 4 heteroatoms. The maximum atomic E-state index is 4.98. The Hall–Kier alpha value is 0.643. The molecular weight excluding hydrogens is 325 g/mol. The summed E-state index contributed by atoms with van der Waals surface area (Å²) in [6.07, 6.45) is 5.48. The van der Waals surface area contributed by atoms with Crippen molar-refractivity contribution in [1.29, 1.82) is 0 Å². The summed E-state index contributed by atoms with van der Waals surface area (Å²) in [6.45, 7) is 0. The van der Waals surface area contributed by atoms with E-state index in [1.165, 1.54) is 0 Å². The molecule has 0 bridgehead atoms. The van der Waals surface area contributed by atoms with Crippen molar-refractivity contribution in [3.63, 3.8) is 0 Å².